The van der Waals surface area contributed by atoms with Crippen LogP contribution in [0.2, 0.25) is 0 Å². The minimum atomic E-state index is -0.305. The Kier molecular flexibility index (Phi) is 3.48. The molecule has 3 N–H and O–H groups in total. The molecule has 0 aliphatic carbocycles. The number of rotatable bonds is 2. The lowest BCUT2D eigenvalue weighted by molar-refractivity contribution is 0.177. The van der Waals surface area contributed by atoms with Gasteiger partial charge in [-0.1, -0.05) is 30.3 Å². The second-order valence-corrected chi connectivity index (χ2v) is 3.13. The second kappa shape index (κ2) is 4.62. The number of amides is 1. The van der Waals surface area contributed by atoms with E-state index in [9.17, 15) is 4.79 Å². The first-order chi connectivity index (χ1) is 6.34. The first-order valence-corrected chi connectivity index (χ1v) is 4.32. The van der Waals surface area contributed by atoms with Gasteiger partial charge < -0.3 is 15.5 Å². The van der Waals surface area contributed by atoms with E-state index in [4.69, 9.17) is 4.74 Å². The van der Waals surface area contributed by atoms with Gasteiger partial charge in [0, 0.05) is 0 Å². The molecule has 1 aliphatic rings. The Balaban J connectivity index is 0.000000980. The summed E-state index contributed by atoms with van der Waals surface area (Å²) in [6.07, 6.45) is 0.535. The van der Waals surface area contributed by atoms with Gasteiger partial charge in [0.1, 0.15) is 6.61 Å². The maximum atomic E-state index is 10.7. The van der Waals surface area contributed by atoms with Crippen LogP contribution in [-0.2, 0) is 11.2 Å². The van der Waals surface area contributed by atoms with Crippen molar-refractivity contribution in [1.82, 2.24) is 5.32 Å². The average Bonchev–Trinajstić information content (AvgIpc) is 2.53. The lowest BCUT2D eigenvalue weighted by atomic mass is 10.1. The fourth-order valence-electron chi connectivity index (χ4n) is 1.43. The van der Waals surface area contributed by atoms with Crippen LogP contribution < -0.4 is 5.32 Å². The molecule has 1 heterocycles. The number of cyclic esters (lactones) is 1. The van der Waals surface area contributed by atoms with E-state index >= 15 is 0 Å². The summed E-state index contributed by atoms with van der Waals surface area (Å²) in [5.74, 6) is 0. The smallest absolute Gasteiger partial charge is 0.407 e. The van der Waals surface area contributed by atoms with Gasteiger partial charge in [0.2, 0.25) is 0 Å². The van der Waals surface area contributed by atoms with Gasteiger partial charge in [0.15, 0.2) is 0 Å². The molecule has 76 valence electrons. The van der Waals surface area contributed by atoms with Gasteiger partial charge in [0.05, 0.1) is 6.04 Å². The Morgan fingerprint density at radius 1 is 1.36 bits per heavy atom. The number of nitrogens with one attached hydrogen (secondary N) is 1. The van der Waals surface area contributed by atoms with Crippen molar-refractivity contribution in [2.75, 3.05) is 6.61 Å². The van der Waals surface area contributed by atoms with E-state index in [1.807, 2.05) is 30.3 Å². The minimum Gasteiger partial charge on any atom is -0.447 e. The number of benzene rings is 1. The molecule has 4 heteroatoms. The zero-order chi connectivity index (χ0) is 9.10. The van der Waals surface area contributed by atoms with Gasteiger partial charge in [-0.25, -0.2) is 4.79 Å². The van der Waals surface area contributed by atoms with Crippen molar-refractivity contribution in [3.8, 4) is 0 Å². The van der Waals surface area contributed by atoms with Crippen molar-refractivity contribution in [2.24, 2.45) is 0 Å². The van der Waals surface area contributed by atoms with Crippen molar-refractivity contribution in [1.29, 1.82) is 0 Å². The van der Waals surface area contributed by atoms with Crippen LogP contribution in [0.15, 0.2) is 30.3 Å². The van der Waals surface area contributed by atoms with E-state index < -0.39 is 0 Å². The maximum Gasteiger partial charge on any atom is 0.407 e. The van der Waals surface area contributed by atoms with E-state index in [-0.39, 0.29) is 17.6 Å². The third-order valence-electron chi connectivity index (χ3n) is 2.06. The highest BCUT2D eigenvalue weighted by atomic mass is 16.6. The number of carbonyl (C=O) groups excluding carboxylic acids is 1. The van der Waals surface area contributed by atoms with Crippen LogP contribution >= 0.6 is 0 Å². The predicted molar refractivity (Wildman–Crippen MR) is 52.0 cm³/mol. The molecule has 0 bridgehead atoms. The van der Waals surface area contributed by atoms with E-state index in [0.717, 1.165) is 6.42 Å². The van der Waals surface area contributed by atoms with Gasteiger partial charge in [-0.15, -0.1) is 0 Å². The third-order valence-corrected chi connectivity index (χ3v) is 2.06. The standard InChI is InChI=1S/C10H11NO2.H2O/c12-10-11-9(7-13-10)6-8-4-2-1-3-5-8;/h1-5,9H,6-7H2,(H,11,12);1H2/t9-;/m1./s1. The highest BCUT2D eigenvalue weighted by Crippen LogP contribution is 2.06. The van der Waals surface area contributed by atoms with Crippen LogP contribution in [0.1, 0.15) is 5.56 Å². The molecular weight excluding hydrogens is 182 g/mol. The molecular formula is C10H13NO3. The molecule has 0 spiro atoms. The maximum absolute atomic E-state index is 10.7. The summed E-state index contributed by atoms with van der Waals surface area (Å²) in [6.45, 7) is 0.480. The molecule has 0 saturated carbocycles. The Morgan fingerprint density at radius 3 is 2.64 bits per heavy atom. The van der Waals surface area contributed by atoms with Crippen molar-refractivity contribution in [3.63, 3.8) is 0 Å². The lowest BCUT2D eigenvalue weighted by Gasteiger charge is -2.05. The summed E-state index contributed by atoms with van der Waals surface area (Å²) < 4.78 is 4.79. The second-order valence-electron chi connectivity index (χ2n) is 3.13. The van der Waals surface area contributed by atoms with Crippen LogP contribution in [0.4, 0.5) is 4.79 Å². The normalized spacial score (nSPS) is 19.4. The number of carbonyl (C=O) groups is 1. The predicted octanol–water partition coefficient (Wildman–Crippen LogP) is 0.513. The zero-order valence-electron chi connectivity index (χ0n) is 7.69. The van der Waals surface area contributed by atoms with E-state index in [0.29, 0.717) is 6.61 Å². The summed E-state index contributed by atoms with van der Waals surface area (Å²) in [6, 6.07) is 10.2. The van der Waals surface area contributed by atoms with Gasteiger partial charge >= 0.3 is 6.09 Å². The summed E-state index contributed by atoms with van der Waals surface area (Å²) >= 11 is 0. The van der Waals surface area contributed by atoms with Gasteiger partial charge in [-0.3, -0.25) is 0 Å². The molecule has 1 aliphatic heterocycles. The molecule has 1 amide bonds. The first-order valence-electron chi connectivity index (χ1n) is 4.32. The molecule has 4 nitrogen and oxygen atoms in total. The lowest BCUT2D eigenvalue weighted by Crippen LogP contribution is -2.28. The molecule has 1 aromatic rings. The monoisotopic (exact) mass is 195 g/mol. The topological polar surface area (TPSA) is 69.8 Å². The van der Waals surface area contributed by atoms with Crippen LogP contribution in [0.5, 0.6) is 0 Å². The highest BCUT2D eigenvalue weighted by molar-refractivity contribution is 5.69. The Bertz CT molecular complexity index is 299. The molecule has 0 aromatic heterocycles. The van der Waals surface area contributed by atoms with E-state index in [1.54, 1.807) is 0 Å². The summed E-state index contributed by atoms with van der Waals surface area (Å²) in [4.78, 5) is 10.7. The number of hydrogen-bond donors (Lipinski definition) is 1. The van der Waals surface area contributed by atoms with Crippen LogP contribution in [-0.4, -0.2) is 24.2 Å². The third kappa shape index (κ3) is 2.47. The molecule has 2 rings (SSSR count). The molecule has 14 heavy (non-hydrogen) atoms. The van der Waals surface area contributed by atoms with Crippen molar-refractivity contribution in [3.05, 3.63) is 35.9 Å². The Morgan fingerprint density at radius 2 is 2.07 bits per heavy atom. The summed E-state index contributed by atoms with van der Waals surface area (Å²) in [5.41, 5.74) is 1.22. The van der Waals surface area contributed by atoms with Crippen molar-refractivity contribution in [2.45, 2.75) is 12.5 Å². The molecule has 0 radical (unpaired) electrons. The minimum absolute atomic E-state index is 0. The van der Waals surface area contributed by atoms with Crippen molar-refractivity contribution >= 4 is 6.09 Å². The highest BCUT2D eigenvalue weighted by Gasteiger charge is 2.21. The van der Waals surface area contributed by atoms with Crippen LogP contribution in [0.25, 0.3) is 0 Å². The SMILES string of the molecule is O.O=C1N[C@H](Cc2ccccc2)CO1. The van der Waals surface area contributed by atoms with Crippen LogP contribution in [0.3, 0.4) is 0 Å². The largest absolute Gasteiger partial charge is 0.447 e. The number of hydrogen-bond acceptors (Lipinski definition) is 2. The molecule has 1 fully saturated rings. The quantitative estimate of drug-likeness (QED) is 0.747. The van der Waals surface area contributed by atoms with E-state index in [2.05, 4.69) is 5.32 Å². The van der Waals surface area contributed by atoms with E-state index in [1.165, 1.54) is 5.56 Å². The first kappa shape index (κ1) is 10.5. The molecule has 1 atom stereocenters. The van der Waals surface area contributed by atoms with Crippen LogP contribution in [0, 0.1) is 0 Å². The summed E-state index contributed by atoms with van der Waals surface area (Å²) in [7, 11) is 0. The van der Waals surface area contributed by atoms with Crippen molar-refractivity contribution < 1.29 is 15.0 Å². The fraction of sp³-hybridized carbons (Fsp3) is 0.300. The zero-order valence-corrected chi connectivity index (χ0v) is 7.69. The molecule has 0 unspecified atom stereocenters. The molecule has 1 saturated heterocycles. The number of alkyl carbamates (subject to hydrolysis) is 1. The Hall–Kier alpha value is -1.55. The molecule has 1 aromatic carbocycles. The Labute approximate surface area is 82.2 Å². The van der Waals surface area contributed by atoms with Gasteiger partial charge in [-0.2, -0.15) is 0 Å². The fourth-order valence-corrected chi connectivity index (χ4v) is 1.43. The summed E-state index contributed by atoms with van der Waals surface area (Å²) in [5, 5.41) is 2.74. The van der Waals surface area contributed by atoms with Gasteiger partial charge in [-0.05, 0) is 12.0 Å². The number of ether oxygens (including phenoxy) is 1. The van der Waals surface area contributed by atoms with Gasteiger partial charge in [0.25, 0.3) is 0 Å². The average molecular weight is 195 g/mol.